The zero-order valence-corrected chi connectivity index (χ0v) is 7.05. The van der Waals surface area contributed by atoms with Gasteiger partial charge in [-0.25, -0.2) is 0 Å². The summed E-state index contributed by atoms with van der Waals surface area (Å²) in [5, 5.41) is 17.7. The normalized spacial score (nSPS) is 8.25. The summed E-state index contributed by atoms with van der Waals surface area (Å²) >= 11 is 0. The molecular formula is C4H9O3Zr+3. The van der Waals surface area contributed by atoms with E-state index in [2.05, 4.69) is 4.74 Å². The molecule has 0 aliphatic carbocycles. The Kier molecular flexibility index (Phi) is 15.4. The van der Waals surface area contributed by atoms with Crippen molar-refractivity contribution < 1.29 is 41.2 Å². The van der Waals surface area contributed by atoms with Gasteiger partial charge in [-0.2, -0.15) is 0 Å². The zero-order chi connectivity index (χ0) is 5.54. The van der Waals surface area contributed by atoms with E-state index in [9.17, 15) is 5.11 Å². The summed E-state index contributed by atoms with van der Waals surface area (Å²) in [4.78, 5) is 0. The summed E-state index contributed by atoms with van der Waals surface area (Å²) in [5.74, 6) is 0. The van der Waals surface area contributed by atoms with E-state index in [4.69, 9.17) is 5.11 Å². The van der Waals surface area contributed by atoms with Gasteiger partial charge in [-0.3, -0.25) is 0 Å². The molecule has 44 valence electrons. The topological polar surface area (TPSA) is 52.5 Å². The molecule has 0 unspecified atom stereocenters. The Morgan fingerprint density at radius 2 is 2.00 bits per heavy atom. The predicted octanol–water partition coefficient (Wildman–Crippen LogP) is -1.65. The first-order valence-corrected chi connectivity index (χ1v) is 2.18. The average Bonchev–Trinajstić information content (AvgIpc) is 1.69. The quantitative estimate of drug-likeness (QED) is 0.548. The van der Waals surface area contributed by atoms with Crippen molar-refractivity contribution in [3.05, 3.63) is 0 Å². The van der Waals surface area contributed by atoms with Crippen molar-refractivity contribution in [1.29, 1.82) is 0 Å². The molecule has 1 N–H and O–H groups in total. The summed E-state index contributed by atoms with van der Waals surface area (Å²) in [6, 6.07) is 0. The minimum Gasteiger partial charge on any atom is -0.853 e. The number of hydrogen-bond acceptors (Lipinski definition) is 3. The molecule has 0 amide bonds. The van der Waals surface area contributed by atoms with Gasteiger partial charge in [0, 0.05) is 6.61 Å². The van der Waals surface area contributed by atoms with Crippen LogP contribution in [0.2, 0.25) is 0 Å². The summed E-state index contributed by atoms with van der Waals surface area (Å²) in [6.45, 7) is 0.267. The van der Waals surface area contributed by atoms with Crippen molar-refractivity contribution in [1.82, 2.24) is 0 Å². The first kappa shape index (κ1) is 11.5. The van der Waals surface area contributed by atoms with Crippen LogP contribution >= 0.6 is 0 Å². The Bertz CT molecular complexity index is 30.5. The van der Waals surface area contributed by atoms with E-state index in [0.717, 1.165) is 0 Å². The third-order valence-electron chi connectivity index (χ3n) is 0.463. The Labute approximate surface area is 67.8 Å². The molecule has 0 aromatic heterocycles. The molecule has 0 aliphatic heterocycles. The smallest absolute Gasteiger partial charge is 0.853 e. The van der Waals surface area contributed by atoms with Crippen molar-refractivity contribution in [2.45, 2.75) is 0 Å². The van der Waals surface area contributed by atoms with Gasteiger partial charge in [0.2, 0.25) is 0 Å². The fourth-order valence-corrected chi connectivity index (χ4v) is 0.226. The molecule has 0 saturated carbocycles. The molecule has 0 atom stereocenters. The van der Waals surface area contributed by atoms with Gasteiger partial charge in [0.25, 0.3) is 0 Å². The Balaban J connectivity index is 0. The summed E-state index contributed by atoms with van der Waals surface area (Å²) in [7, 11) is 0. The zero-order valence-electron chi connectivity index (χ0n) is 4.59. The number of ether oxygens (including phenoxy) is 1. The van der Waals surface area contributed by atoms with Gasteiger partial charge in [-0.05, 0) is 0 Å². The molecule has 0 spiro atoms. The van der Waals surface area contributed by atoms with Crippen molar-refractivity contribution >= 4 is 0 Å². The minimum atomic E-state index is -0.222. The molecule has 0 aromatic rings. The molecular weight excluding hydrogens is 187 g/mol. The van der Waals surface area contributed by atoms with Crippen LogP contribution in [-0.2, 0) is 30.9 Å². The molecule has 0 aromatic carbocycles. The third-order valence-corrected chi connectivity index (χ3v) is 0.463. The molecule has 3 nitrogen and oxygen atoms in total. The maximum atomic E-state index is 9.60. The number of aliphatic hydroxyl groups excluding tert-OH is 1. The van der Waals surface area contributed by atoms with E-state index < -0.39 is 0 Å². The predicted molar refractivity (Wildman–Crippen MR) is 22.8 cm³/mol. The Morgan fingerprint density at radius 3 is 2.38 bits per heavy atom. The second-order valence-corrected chi connectivity index (χ2v) is 1.04. The molecule has 0 radical (unpaired) electrons. The van der Waals surface area contributed by atoms with E-state index in [-0.39, 0.29) is 52.6 Å². The SMILES string of the molecule is [O-]CCOCCO.[Zr+4]. The van der Waals surface area contributed by atoms with Crippen LogP contribution in [0.25, 0.3) is 0 Å². The van der Waals surface area contributed by atoms with Gasteiger partial charge in [-0.15, -0.1) is 6.61 Å². The molecule has 8 heavy (non-hydrogen) atoms. The fraction of sp³-hybridized carbons (Fsp3) is 1.00. The first-order chi connectivity index (χ1) is 3.41. The van der Waals surface area contributed by atoms with E-state index in [1.54, 1.807) is 0 Å². The van der Waals surface area contributed by atoms with Crippen LogP contribution in [0.1, 0.15) is 0 Å². The molecule has 0 fully saturated rings. The minimum absolute atomic E-state index is 0. The molecule has 0 heterocycles. The van der Waals surface area contributed by atoms with Crippen molar-refractivity contribution in [3.63, 3.8) is 0 Å². The standard InChI is InChI=1S/C4H9O3.Zr/c5-1-3-7-4-2-6;/h5H,1-4H2;/q-1;+4. The van der Waals surface area contributed by atoms with Crippen molar-refractivity contribution in [2.24, 2.45) is 0 Å². The first-order valence-electron chi connectivity index (χ1n) is 2.18. The molecule has 0 saturated heterocycles. The van der Waals surface area contributed by atoms with E-state index in [0.29, 0.717) is 0 Å². The van der Waals surface area contributed by atoms with Crippen molar-refractivity contribution in [3.8, 4) is 0 Å². The van der Waals surface area contributed by atoms with Crippen LogP contribution in [-0.4, -0.2) is 31.5 Å². The van der Waals surface area contributed by atoms with E-state index in [1.165, 1.54) is 0 Å². The summed E-state index contributed by atoms with van der Waals surface area (Å²) < 4.78 is 4.57. The third kappa shape index (κ3) is 9.90. The van der Waals surface area contributed by atoms with Crippen LogP contribution in [0.15, 0.2) is 0 Å². The summed E-state index contributed by atoms with van der Waals surface area (Å²) in [6.07, 6.45) is 0. The monoisotopic (exact) mass is 195 g/mol. The van der Waals surface area contributed by atoms with E-state index >= 15 is 0 Å². The number of aliphatic hydroxyl groups is 1. The Morgan fingerprint density at radius 1 is 1.38 bits per heavy atom. The van der Waals surface area contributed by atoms with E-state index in [1.807, 2.05) is 0 Å². The van der Waals surface area contributed by atoms with Crippen LogP contribution in [0.4, 0.5) is 0 Å². The van der Waals surface area contributed by atoms with Gasteiger partial charge in [0.15, 0.2) is 0 Å². The average molecular weight is 196 g/mol. The van der Waals surface area contributed by atoms with Crippen LogP contribution < -0.4 is 5.11 Å². The molecule has 0 aliphatic rings. The maximum Gasteiger partial charge on any atom is 4.00 e. The van der Waals surface area contributed by atoms with Crippen molar-refractivity contribution in [2.75, 3.05) is 26.4 Å². The second kappa shape index (κ2) is 10.7. The molecule has 0 bridgehead atoms. The van der Waals surface area contributed by atoms with Crippen LogP contribution in [0.5, 0.6) is 0 Å². The fourth-order valence-electron chi connectivity index (χ4n) is 0.226. The maximum absolute atomic E-state index is 9.60. The molecule has 4 heteroatoms. The largest absolute Gasteiger partial charge is 4.00 e. The van der Waals surface area contributed by atoms with Gasteiger partial charge in [0.1, 0.15) is 0 Å². The molecule has 0 rings (SSSR count). The van der Waals surface area contributed by atoms with Gasteiger partial charge in [0.05, 0.1) is 13.2 Å². The summed E-state index contributed by atoms with van der Waals surface area (Å²) in [5.41, 5.74) is 0. The number of hydrogen-bond donors (Lipinski definition) is 1. The van der Waals surface area contributed by atoms with Crippen LogP contribution in [0, 0.1) is 0 Å². The van der Waals surface area contributed by atoms with Gasteiger partial charge in [-0.1, -0.05) is 0 Å². The van der Waals surface area contributed by atoms with Gasteiger partial charge >= 0.3 is 26.2 Å². The second-order valence-electron chi connectivity index (χ2n) is 1.04. The Hall–Kier alpha value is 0.763. The van der Waals surface area contributed by atoms with Crippen LogP contribution in [0.3, 0.4) is 0 Å². The van der Waals surface area contributed by atoms with Gasteiger partial charge < -0.3 is 14.9 Å². The number of rotatable bonds is 4.